The maximum absolute atomic E-state index is 13.0. The van der Waals surface area contributed by atoms with E-state index in [0.717, 1.165) is 11.3 Å². The zero-order chi connectivity index (χ0) is 19.0. The Morgan fingerprint density at radius 2 is 1.96 bits per heavy atom. The van der Waals surface area contributed by atoms with E-state index in [1.54, 1.807) is 32.4 Å². The topological polar surface area (TPSA) is 65.7 Å². The van der Waals surface area contributed by atoms with Crippen LogP contribution in [0, 0.1) is 0 Å². The summed E-state index contributed by atoms with van der Waals surface area (Å²) in [4.78, 5) is 13.5. The molecule has 2 heterocycles. The van der Waals surface area contributed by atoms with Crippen LogP contribution in [0.5, 0.6) is 11.5 Å². The van der Waals surface area contributed by atoms with E-state index in [1.807, 2.05) is 30.3 Å². The first-order valence-electron chi connectivity index (χ1n) is 7.98. The summed E-state index contributed by atoms with van der Waals surface area (Å²) >= 11 is 7.39. The Morgan fingerprint density at radius 3 is 2.74 bits per heavy atom. The van der Waals surface area contributed by atoms with E-state index >= 15 is 0 Å². The zero-order valence-electron chi connectivity index (χ0n) is 14.5. The molecule has 0 fully saturated rings. The normalized spacial score (nSPS) is 11.9. The lowest BCUT2D eigenvalue weighted by Crippen LogP contribution is -2.23. The molecule has 0 aliphatic rings. The van der Waals surface area contributed by atoms with E-state index in [1.165, 1.54) is 15.7 Å². The van der Waals surface area contributed by atoms with Gasteiger partial charge in [-0.3, -0.25) is 4.79 Å². The van der Waals surface area contributed by atoms with Gasteiger partial charge in [-0.25, -0.2) is 4.40 Å². The van der Waals surface area contributed by atoms with Crippen LogP contribution in [0.3, 0.4) is 0 Å². The van der Waals surface area contributed by atoms with Crippen molar-refractivity contribution in [3.8, 4) is 22.9 Å². The van der Waals surface area contributed by atoms with Crippen LogP contribution < -0.4 is 19.6 Å². The van der Waals surface area contributed by atoms with Gasteiger partial charge in [-0.2, -0.15) is 0 Å². The van der Waals surface area contributed by atoms with Gasteiger partial charge in [0, 0.05) is 5.02 Å². The summed E-state index contributed by atoms with van der Waals surface area (Å²) in [6, 6.07) is 12.7. The van der Waals surface area contributed by atoms with E-state index < -0.39 is 0 Å². The van der Waals surface area contributed by atoms with Crippen molar-refractivity contribution in [3.05, 3.63) is 67.9 Å². The van der Waals surface area contributed by atoms with Gasteiger partial charge in [0.2, 0.25) is 4.96 Å². The van der Waals surface area contributed by atoms with Crippen molar-refractivity contribution in [2.24, 2.45) is 0 Å². The first kappa shape index (κ1) is 17.5. The molecule has 2 aromatic carbocycles. The maximum Gasteiger partial charge on any atom is 0.276 e. The Hall–Kier alpha value is -2.90. The molecular formula is C19H14ClN3O3S. The summed E-state index contributed by atoms with van der Waals surface area (Å²) in [5.41, 5.74) is 1.28. The molecule has 0 bridgehead atoms. The number of benzene rings is 2. The van der Waals surface area contributed by atoms with E-state index in [0.29, 0.717) is 31.7 Å². The number of hydrogen-bond acceptors (Lipinski definition) is 6. The van der Waals surface area contributed by atoms with Crippen molar-refractivity contribution in [1.29, 1.82) is 0 Å². The van der Waals surface area contributed by atoms with Crippen LogP contribution in [0.15, 0.2) is 47.3 Å². The van der Waals surface area contributed by atoms with Crippen LogP contribution in [0.4, 0.5) is 0 Å². The highest BCUT2D eigenvalue weighted by Gasteiger charge is 2.18. The molecule has 0 N–H and O–H groups in total. The molecule has 6 nitrogen and oxygen atoms in total. The summed E-state index contributed by atoms with van der Waals surface area (Å²) < 4.78 is 12.6. The highest BCUT2D eigenvalue weighted by atomic mass is 35.5. The number of fused-ring (bicyclic) bond motifs is 1. The number of hydrogen-bond donors (Lipinski definition) is 0. The molecule has 0 saturated heterocycles. The van der Waals surface area contributed by atoms with E-state index in [-0.39, 0.29) is 5.56 Å². The minimum atomic E-state index is -0.195. The molecule has 8 heteroatoms. The van der Waals surface area contributed by atoms with E-state index in [4.69, 9.17) is 21.1 Å². The summed E-state index contributed by atoms with van der Waals surface area (Å²) in [5.74, 6) is 1.69. The molecule has 0 amide bonds. The third kappa shape index (κ3) is 3.15. The second-order valence-corrected chi connectivity index (χ2v) is 7.12. The van der Waals surface area contributed by atoms with E-state index in [9.17, 15) is 4.79 Å². The van der Waals surface area contributed by atoms with E-state index in [2.05, 4.69) is 10.2 Å². The molecule has 4 aromatic rings. The molecule has 0 saturated carbocycles. The lowest BCUT2D eigenvalue weighted by atomic mass is 10.2. The van der Waals surface area contributed by atoms with Gasteiger partial charge < -0.3 is 9.47 Å². The molecule has 0 radical (unpaired) electrons. The molecule has 0 atom stereocenters. The van der Waals surface area contributed by atoms with Crippen molar-refractivity contribution in [2.45, 2.75) is 0 Å². The molecule has 2 aromatic heterocycles. The third-order valence-electron chi connectivity index (χ3n) is 4.04. The van der Waals surface area contributed by atoms with Crippen molar-refractivity contribution in [3.63, 3.8) is 0 Å². The third-order valence-corrected chi connectivity index (χ3v) is 5.24. The van der Waals surface area contributed by atoms with Gasteiger partial charge in [-0.05, 0) is 42.0 Å². The van der Waals surface area contributed by atoms with Gasteiger partial charge in [0.05, 0.1) is 24.3 Å². The van der Waals surface area contributed by atoms with Gasteiger partial charge in [0.15, 0.2) is 5.82 Å². The average molecular weight is 400 g/mol. The molecule has 0 aliphatic heterocycles. The van der Waals surface area contributed by atoms with Crippen LogP contribution in [-0.2, 0) is 0 Å². The maximum atomic E-state index is 13.0. The Morgan fingerprint density at radius 1 is 1.11 bits per heavy atom. The van der Waals surface area contributed by atoms with Crippen LogP contribution in [0.1, 0.15) is 5.56 Å². The number of rotatable bonds is 4. The standard InChI is InChI=1S/C19H14ClN3O3S/c1-25-13-5-3-4-11(8-13)9-16-18(24)23-17(21-22-19(23)27-16)14-10-12(20)6-7-15(14)26-2/h3-10H,1-2H3. The van der Waals surface area contributed by atoms with Crippen LogP contribution >= 0.6 is 22.9 Å². The predicted octanol–water partition coefficient (Wildman–Crippen LogP) is 3.04. The quantitative estimate of drug-likeness (QED) is 0.527. The molecular weight excluding hydrogens is 386 g/mol. The lowest BCUT2D eigenvalue weighted by molar-refractivity contribution is 0.414. The average Bonchev–Trinajstić information content (AvgIpc) is 3.22. The van der Waals surface area contributed by atoms with Crippen molar-refractivity contribution in [1.82, 2.24) is 14.6 Å². The highest BCUT2D eigenvalue weighted by molar-refractivity contribution is 7.15. The predicted molar refractivity (Wildman–Crippen MR) is 106 cm³/mol. The van der Waals surface area contributed by atoms with Crippen molar-refractivity contribution >= 4 is 34.0 Å². The minimum Gasteiger partial charge on any atom is -0.497 e. The zero-order valence-corrected chi connectivity index (χ0v) is 16.0. The fourth-order valence-corrected chi connectivity index (χ4v) is 3.86. The summed E-state index contributed by atoms with van der Waals surface area (Å²) in [6.45, 7) is 0. The summed E-state index contributed by atoms with van der Waals surface area (Å²) in [6.07, 6.45) is 1.81. The van der Waals surface area contributed by atoms with Gasteiger partial charge >= 0.3 is 0 Å². The second kappa shape index (κ2) is 7.02. The molecule has 0 unspecified atom stereocenters. The van der Waals surface area contributed by atoms with Crippen molar-refractivity contribution in [2.75, 3.05) is 14.2 Å². The SMILES string of the molecule is COc1cccc(C=c2sc3nnc(-c4cc(Cl)ccc4OC)n3c2=O)c1. The number of aromatic nitrogens is 3. The van der Waals surface area contributed by atoms with Gasteiger partial charge in [0.1, 0.15) is 11.5 Å². The van der Waals surface area contributed by atoms with Crippen LogP contribution in [-0.4, -0.2) is 28.8 Å². The largest absolute Gasteiger partial charge is 0.497 e. The number of methoxy groups -OCH3 is 2. The highest BCUT2D eigenvalue weighted by Crippen LogP contribution is 2.31. The van der Waals surface area contributed by atoms with Gasteiger partial charge in [0.25, 0.3) is 5.56 Å². The molecule has 136 valence electrons. The molecule has 27 heavy (non-hydrogen) atoms. The Bertz CT molecular complexity index is 1250. The fourth-order valence-electron chi connectivity index (χ4n) is 2.77. The fraction of sp³-hybridized carbons (Fsp3) is 0.105. The van der Waals surface area contributed by atoms with Gasteiger partial charge in [-0.1, -0.05) is 35.1 Å². The number of thiazole rings is 1. The summed E-state index contributed by atoms with van der Waals surface area (Å²) in [5, 5.41) is 8.83. The molecule has 4 rings (SSSR count). The minimum absolute atomic E-state index is 0.195. The Kier molecular flexibility index (Phi) is 4.55. The summed E-state index contributed by atoms with van der Waals surface area (Å²) in [7, 11) is 3.16. The van der Waals surface area contributed by atoms with Gasteiger partial charge in [-0.15, -0.1) is 10.2 Å². The smallest absolute Gasteiger partial charge is 0.276 e. The number of halogens is 1. The Labute approximate surface area is 163 Å². The second-order valence-electron chi connectivity index (χ2n) is 5.68. The lowest BCUT2D eigenvalue weighted by Gasteiger charge is -2.06. The van der Waals surface area contributed by atoms with Crippen molar-refractivity contribution < 1.29 is 9.47 Å². The molecule has 0 aliphatic carbocycles. The van der Waals surface area contributed by atoms with Crippen LogP contribution in [0.25, 0.3) is 22.4 Å². The Balaban J connectivity index is 1.92. The number of ether oxygens (including phenoxy) is 2. The first-order valence-corrected chi connectivity index (χ1v) is 9.18. The molecule has 0 spiro atoms. The number of nitrogens with zero attached hydrogens (tertiary/aromatic N) is 3. The van der Waals surface area contributed by atoms with Crippen LogP contribution in [0.2, 0.25) is 5.02 Å². The monoisotopic (exact) mass is 399 g/mol. The first-order chi connectivity index (χ1) is 13.1.